The Bertz CT molecular complexity index is 1220. The monoisotopic (exact) mass is 522 g/mol. The second-order valence-electron chi connectivity index (χ2n) is 10.2. The summed E-state index contributed by atoms with van der Waals surface area (Å²) in [5.74, 6) is 0.0434. The molecule has 2 aromatic carbocycles. The molecule has 2 aliphatic rings. The number of amides is 1. The number of quaternary nitrogens is 1. The van der Waals surface area contributed by atoms with Gasteiger partial charge >= 0.3 is 0 Å². The highest BCUT2D eigenvalue weighted by Gasteiger charge is 2.44. The number of carbonyl (C=O) groups excluding carboxylic acids is 2. The van der Waals surface area contributed by atoms with Crippen LogP contribution in [0.5, 0.6) is 17.2 Å². The Morgan fingerprint density at radius 1 is 1.11 bits per heavy atom. The SMILES string of the molecule is CCCCOc1ccc(C2/C(=C(\[O-])c3ccc4c(c3)CC(C)O4)C(=O)C(=O)N2CC[NH+](C)C)cc1OCC. The first-order valence-electron chi connectivity index (χ1n) is 13.5. The summed E-state index contributed by atoms with van der Waals surface area (Å²) in [7, 11) is 3.97. The zero-order valence-electron chi connectivity index (χ0n) is 23.0. The van der Waals surface area contributed by atoms with E-state index in [1.54, 1.807) is 30.3 Å². The topological polar surface area (TPSA) is 92.6 Å². The van der Waals surface area contributed by atoms with Gasteiger partial charge in [-0.15, -0.1) is 0 Å². The van der Waals surface area contributed by atoms with Crippen molar-refractivity contribution in [3.05, 3.63) is 58.7 Å². The molecule has 0 spiro atoms. The molecule has 2 atom stereocenters. The number of ketones is 1. The van der Waals surface area contributed by atoms with E-state index in [4.69, 9.17) is 14.2 Å². The molecule has 4 rings (SSSR count). The van der Waals surface area contributed by atoms with E-state index < -0.39 is 23.5 Å². The molecular formula is C30H38N2O6. The molecule has 8 heteroatoms. The molecule has 0 saturated carbocycles. The molecule has 0 radical (unpaired) electrons. The molecule has 38 heavy (non-hydrogen) atoms. The molecule has 2 aliphatic heterocycles. The molecule has 2 unspecified atom stereocenters. The average Bonchev–Trinajstić information content (AvgIpc) is 3.38. The first kappa shape index (κ1) is 27.5. The maximum atomic E-state index is 13.9. The number of likely N-dealkylation sites (tertiary alicyclic amines) is 1. The minimum Gasteiger partial charge on any atom is -0.872 e. The van der Waals surface area contributed by atoms with Crippen molar-refractivity contribution in [2.75, 3.05) is 40.4 Å². The van der Waals surface area contributed by atoms with E-state index in [1.807, 2.05) is 34.0 Å². The molecule has 2 heterocycles. The van der Waals surface area contributed by atoms with Crippen molar-refractivity contribution in [1.29, 1.82) is 0 Å². The smallest absolute Gasteiger partial charge is 0.295 e. The van der Waals surface area contributed by atoms with Crippen molar-refractivity contribution in [3.63, 3.8) is 0 Å². The molecule has 0 aromatic heterocycles. The van der Waals surface area contributed by atoms with Crippen molar-refractivity contribution < 1.29 is 33.8 Å². The maximum Gasteiger partial charge on any atom is 0.295 e. The van der Waals surface area contributed by atoms with E-state index in [9.17, 15) is 14.7 Å². The van der Waals surface area contributed by atoms with Gasteiger partial charge in [-0.2, -0.15) is 0 Å². The Kier molecular flexibility index (Phi) is 8.62. The molecule has 204 valence electrons. The summed E-state index contributed by atoms with van der Waals surface area (Å²) in [5, 5.41) is 13.9. The van der Waals surface area contributed by atoms with Gasteiger partial charge in [-0.25, -0.2) is 0 Å². The van der Waals surface area contributed by atoms with Crippen LogP contribution in [0, 0.1) is 0 Å². The van der Waals surface area contributed by atoms with Gasteiger partial charge in [0.05, 0.1) is 46.4 Å². The van der Waals surface area contributed by atoms with Crippen LogP contribution in [0.4, 0.5) is 0 Å². The third-order valence-corrected chi connectivity index (χ3v) is 6.88. The number of nitrogens with zero attached hydrogens (tertiary/aromatic N) is 1. The number of hydrogen-bond donors (Lipinski definition) is 1. The minimum absolute atomic E-state index is 0.0298. The molecule has 2 aromatic rings. The third-order valence-electron chi connectivity index (χ3n) is 6.88. The van der Waals surface area contributed by atoms with E-state index in [1.165, 1.54) is 4.90 Å². The summed E-state index contributed by atoms with van der Waals surface area (Å²) in [5.41, 5.74) is 1.92. The molecule has 8 nitrogen and oxygen atoms in total. The van der Waals surface area contributed by atoms with Gasteiger partial charge in [0, 0.05) is 12.0 Å². The van der Waals surface area contributed by atoms with Gasteiger partial charge in [0.25, 0.3) is 5.91 Å². The van der Waals surface area contributed by atoms with Crippen molar-refractivity contribution in [2.45, 2.75) is 52.2 Å². The van der Waals surface area contributed by atoms with Crippen LogP contribution in [0.25, 0.3) is 5.76 Å². The largest absolute Gasteiger partial charge is 0.872 e. The molecule has 1 fully saturated rings. The fourth-order valence-corrected chi connectivity index (χ4v) is 4.92. The van der Waals surface area contributed by atoms with Crippen LogP contribution < -0.4 is 24.2 Å². The van der Waals surface area contributed by atoms with Crippen LogP contribution in [0.2, 0.25) is 0 Å². The second kappa shape index (κ2) is 11.9. The molecule has 1 N–H and O–H groups in total. The van der Waals surface area contributed by atoms with E-state index in [2.05, 4.69) is 6.92 Å². The molecular weight excluding hydrogens is 484 g/mol. The van der Waals surface area contributed by atoms with Gasteiger partial charge in [-0.05, 0) is 61.2 Å². The van der Waals surface area contributed by atoms with E-state index in [0.29, 0.717) is 55.4 Å². The number of nitrogens with one attached hydrogen (secondary N) is 1. The molecule has 0 bridgehead atoms. The lowest BCUT2D eigenvalue weighted by Crippen LogP contribution is -3.06. The Balaban J connectivity index is 1.80. The average molecular weight is 523 g/mol. The van der Waals surface area contributed by atoms with Crippen molar-refractivity contribution in [2.24, 2.45) is 0 Å². The van der Waals surface area contributed by atoms with Crippen LogP contribution >= 0.6 is 0 Å². The highest BCUT2D eigenvalue weighted by molar-refractivity contribution is 6.46. The van der Waals surface area contributed by atoms with Crippen molar-refractivity contribution in [1.82, 2.24) is 4.90 Å². The minimum atomic E-state index is -0.811. The van der Waals surface area contributed by atoms with Gasteiger partial charge in [0.1, 0.15) is 11.9 Å². The fraction of sp³-hybridized carbons (Fsp3) is 0.467. The lowest BCUT2D eigenvalue weighted by molar-refractivity contribution is -0.857. The van der Waals surface area contributed by atoms with Gasteiger partial charge in [-0.3, -0.25) is 9.59 Å². The zero-order valence-corrected chi connectivity index (χ0v) is 23.0. The quantitative estimate of drug-likeness (QED) is 0.210. The lowest BCUT2D eigenvalue weighted by atomic mass is 9.94. The van der Waals surface area contributed by atoms with Gasteiger partial charge in [0.2, 0.25) is 5.78 Å². The summed E-state index contributed by atoms with van der Waals surface area (Å²) >= 11 is 0. The number of hydrogen-bond acceptors (Lipinski definition) is 6. The Morgan fingerprint density at radius 2 is 1.89 bits per heavy atom. The number of benzene rings is 2. The number of unbranched alkanes of at least 4 members (excludes halogenated alkanes) is 1. The normalized spacial score (nSPS) is 20.1. The van der Waals surface area contributed by atoms with Gasteiger partial charge < -0.3 is 29.1 Å². The number of carbonyl (C=O) groups is 2. The number of likely N-dealkylation sites (N-methyl/N-ethyl adjacent to an activating group) is 1. The highest BCUT2D eigenvalue weighted by Crippen LogP contribution is 2.42. The number of fused-ring (bicyclic) bond motifs is 1. The summed E-state index contributed by atoms with van der Waals surface area (Å²) < 4.78 is 17.6. The third kappa shape index (κ3) is 5.65. The van der Waals surface area contributed by atoms with E-state index in [-0.39, 0.29) is 11.7 Å². The molecule has 1 saturated heterocycles. The summed E-state index contributed by atoms with van der Waals surface area (Å²) in [6, 6.07) is 9.83. The number of Topliss-reactive ketones (excluding diaryl/α,β-unsaturated/α-hetero) is 1. The van der Waals surface area contributed by atoms with Crippen LogP contribution in [0.15, 0.2) is 42.0 Å². The molecule has 1 amide bonds. The van der Waals surface area contributed by atoms with Crippen molar-refractivity contribution in [3.8, 4) is 17.2 Å². The van der Waals surface area contributed by atoms with Crippen LogP contribution in [-0.4, -0.2) is 63.1 Å². The lowest BCUT2D eigenvalue weighted by Gasteiger charge is -2.28. The summed E-state index contributed by atoms with van der Waals surface area (Å²) in [6.07, 6.45) is 2.64. The molecule has 0 aliphatic carbocycles. The van der Waals surface area contributed by atoms with Crippen LogP contribution in [0.1, 0.15) is 56.3 Å². The van der Waals surface area contributed by atoms with Crippen LogP contribution in [0.3, 0.4) is 0 Å². The summed E-state index contributed by atoms with van der Waals surface area (Å²) in [4.78, 5) is 29.3. The summed E-state index contributed by atoms with van der Waals surface area (Å²) in [6.45, 7) is 7.90. The first-order chi connectivity index (χ1) is 18.2. The van der Waals surface area contributed by atoms with Crippen molar-refractivity contribution >= 4 is 17.4 Å². The van der Waals surface area contributed by atoms with Gasteiger partial charge in [0.15, 0.2) is 11.5 Å². The van der Waals surface area contributed by atoms with E-state index in [0.717, 1.165) is 29.1 Å². The predicted octanol–water partition coefficient (Wildman–Crippen LogP) is 1.96. The fourth-order valence-electron chi connectivity index (χ4n) is 4.92. The number of ether oxygens (including phenoxy) is 3. The maximum absolute atomic E-state index is 13.9. The second-order valence-corrected chi connectivity index (χ2v) is 10.2. The Morgan fingerprint density at radius 3 is 2.61 bits per heavy atom. The number of rotatable bonds is 11. The zero-order chi connectivity index (χ0) is 27.4. The highest BCUT2D eigenvalue weighted by atomic mass is 16.5. The predicted molar refractivity (Wildman–Crippen MR) is 142 cm³/mol. The van der Waals surface area contributed by atoms with Gasteiger partial charge in [-0.1, -0.05) is 31.2 Å². The van der Waals surface area contributed by atoms with E-state index >= 15 is 0 Å². The Hall–Kier alpha value is -3.52. The van der Waals surface area contributed by atoms with Crippen LogP contribution in [-0.2, 0) is 16.0 Å². The Labute approximate surface area is 224 Å². The first-order valence-corrected chi connectivity index (χ1v) is 13.5. The standard InChI is InChI=1S/C30H38N2O6/c1-6-8-15-37-24-12-9-20(18-25(24)36-7-2)27-26(29(34)30(35)32(27)14-13-31(4)5)28(33)21-10-11-23-22(17-21)16-19(3)38-23/h9-12,17-19,27,33H,6-8,13-16H2,1-5H3/b28-26+.